The first kappa shape index (κ1) is 14.9. The quantitative estimate of drug-likeness (QED) is 0.747. The molecule has 2 aromatic heterocycles. The number of benzene rings is 1. The largest absolute Gasteiger partial charge is 0.465 e. The van der Waals surface area contributed by atoms with Crippen molar-refractivity contribution < 1.29 is 9.53 Å². The number of nitrogens with zero attached hydrogens (tertiary/aromatic N) is 3. The fourth-order valence-electron chi connectivity index (χ4n) is 2.33. The SMILES string of the molecule is COC(=O)c1ccc2nccc(NCc3nccnc3C)c2c1. The third kappa shape index (κ3) is 3.11. The fourth-order valence-corrected chi connectivity index (χ4v) is 2.33. The van der Waals surface area contributed by atoms with Crippen molar-refractivity contribution in [2.75, 3.05) is 12.4 Å². The summed E-state index contributed by atoms with van der Waals surface area (Å²) >= 11 is 0. The van der Waals surface area contributed by atoms with E-state index in [4.69, 9.17) is 4.74 Å². The summed E-state index contributed by atoms with van der Waals surface area (Å²) < 4.78 is 4.77. The number of ether oxygens (including phenoxy) is 1. The number of esters is 1. The van der Waals surface area contributed by atoms with E-state index in [1.54, 1.807) is 36.8 Å². The predicted octanol–water partition coefficient (Wildman–Crippen LogP) is 2.73. The number of pyridine rings is 1. The van der Waals surface area contributed by atoms with Crippen LogP contribution in [-0.4, -0.2) is 28.0 Å². The monoisotopic (exact) mass is 308 g/mol. The molecule has 23 heavy (non-hydrogen) atoms. The van der Waals surface area contributed by atoms with Gasteiger partial charge in [0.05, 0.1) is 36.1 Å². The van der Waals surface area contributed by atoms with Crippen LogP contribution in [0.2, 0.25) is 0 Å². The average Bonchev–Trinajstić information content (AvgIpc) is 2.60. The second-order valence-corrected chi connectivity index (χ2v) is 5.02. The molecule has 0 saturated carbocycles. The highest BCUT2D eigenvalue weighted by atomic mass is 16.5. The summed E-state index contributed by atoms with van der Waals surface area (Å²) in [6.45, 7) is 2.46. The Labute approximate surface area is 133 Å². The molecule has 3 aromatic rings. The van der Waals surface area contributed by atoms with E-state index >= 15 is 0 Å². The van der Waals surface area contributed by atoms with Gasteiger partial charge in [-0.1, -0.05) is 0 Å². The van der Waals surface area contributed by atoms with E-state index < -0.39 is 0 Å². The molecule has 0 spiro atoms. The van der Waals surface area contributed by atoms with Crippen molar-refractivity contribution in [2.45, 2.75) is 13.5 Å². The zero-order chi connectivity index (χ0) is 16.2. The number of hydrogen-bond donors (Lipinski definition) is 1. The molecule has 0 radical (unpaired) electrons. The van der Waals surface area contributed by atoms with Gasteiger partial charge in [0.25, 0.3) is 0 Å². The topological polar surface area (TPSA) is 77.0 Å². The molecule has 2 heterocycles. The summed E-state index contributed by atoms with van der Waals surface area (Å²) in [5.74, 6) is -0.369. The van der Waals surface area contributed by atoms with Crippen molar-refractivity contribution in [1.82, 2.24) is 15.0 Å². The van der Waals surface area contributed by atoms with Crippen LogP contribution in [0.3, 0.4) is 0 Å². The minimum Gasteiger partial charge on any atom is -0.465 e. The van der Waals surface area contributed by atoms with E-state index in [-0.39, 0.29) is 5.97 Å². The Morgan fingerprint density at radius 3 is 2.74 bits per heavy atom. The van der Waals surface area contributed by atoms with Crippen molar-refractivity contribution in [1.29, 1.82) is 0 Å². The van der Waals surface area contributed by atoms with Gasteiger partial charge in [-0.2, -0.15) is 0 Å². The van der Waals surface area contributed by atoms with Gasteiger partial charge in [0.1, 0.15) is 0 Å². The number of hydrogen-bond acceptors (Lipinski definition) is 6. The highest BCUT2D eigenvalue weighted by molar-refractivity contribution is 5.98. The van der Waals surface area contributed by atoms with E-state index in [0.717, 1.165) is 28.0 Å². The summed E-state index contributed by atoms with van der Waals surface area (Å²) in [5, 5.41) is 4.19. The van der Waals surface area contributed by atoms with Crippen LogP contribution in [0.1, 0.15) is 21.7 Å². The second kappa shape index (κ2) is 6.39. The van der Waals surface area contributed by atoms with Crippen LogP contribution in [0.25, 0.3) is 10.9 Å². The number of aryl methyl sites for hydroxylation is 1. The Bertz CT molecular complexity index is 864. The van der Waals surface area contributed by atoms with Gasteiger partial charge >= 0.3 is 5.97 Å². The molecular weight excluding hydrogens is 292 g/mol. The molecule has 0 atom stereocenters. The molecule has 0 fully saturated rings. The standard InChI is InChI=1S/C17H16N4O2/c1-11-16(20-8-7-18-11)10-21-15-5-6-19-14-4-3-12(9-13(14)15)17(22)23-2/h3-9H,10H2,1-2H3,(H,19,21). The van der Waals surface area contributed by atoms with Gasteiger partial charge in [-0.25, -0.2) is 4.79 Å². The number of carbonyl (C=O) groups excluding carboxylic acids is 1. The molecule has 0 aliphatic carbocycles. The first-order valence-corrected chi connectivity index (χ1v) is 7.16. The van der Waals surface area contributed by atoms with Crippen LogP contribution in [0.4, 0.5) is 5.69 Å². The van der Waals surface area contributed by atoms with Crippen LogP contribution in [-0.2, 0) is 11.3 Å². The molecule has 6 nitrogen and oxygen atoms in total. The minimum absolute atomic E-state index is 0.369. The molecule has 0 amide bonds. The molecule has 0 aliphatic rings. The lowest BCUT2D eigenvalue weighted by atomic mass is 10.1. The Kier molecular flexibility index (Phi) is 4.14. The number of methoxy groups -OCH3 is 1. The molecule has 1 aromatic carbocycles. The maximum absolute atomic E-state index is 11.7. The van der Waals surface area contributed by atoms with Gasteiger partial charge < -0.3 is 10.1 Å². The molecule has 0 bridgehead atoms. The highest BCUT2D eigenvalue weighted by Gasteiger charge is 2.09. The van der Waals surface area contributed by atoms with Gasteiger partial charge in [0.2, 0.25) is 0 Å². The summed E-state index contributed by atoms with van der Waals surface area (Å²) in [7, 11) is 1.37. The van der Waals surface area contributed by atoms with Crippen LogP contribution < -0.4 is 5.32 Å². The average molecular weight is 308 g/mol. The molecular formula is C17H16N4O2. The van der Waals surface area contributed by atoms with Gasteiger partial charge in [0, 0.05) is 29.7 Å². The van der Waals surface area contributed by atoms with Gasteiger partial charge in [-0.05, 0) is 31.2 Å². The second-order valence-electron chi connectivity index (χ2n) is 5.02. The van der Waals surface area contributed by atoms with Crippen molar-refractivity contribution in [2.24, 2.45) is 0 Å². The molecule has 0 aliphatic heterocycles. The van der Waals surface area contributed by atoms with Crippen LogP contribution in [0.15, 0.2) is 42.9 Å². The van der Waals surface area contributed by atoms with Crippen LogP contribution in [0, 0.1) is 6.92 Å². The number of fused-ring (bicyclic) bond motifs is 1. The lowest BCUT2D eigenvalue weighted by molar-refractivity contribution is 0.0601. The number of aromatic nitrogens is 3. The molecule has 6 heteroatoms. The zero-order valence-corrected chi connectivity index (χ0v) is 12.9. The Morgan fingerprint density at radius 1 is 1.13 bits per heavy atom. The Balaban J connectivity index is 1.93. The van der Waals surface area contributed by atoms with Gasteiger partial charge in [0.15, 0.2) is 0 Å². The van der Waals surface area contributed by atoms with E-state index in [2.05, 4.69) is 20.3 Å². The highest BCUT2D eigenvalue weighted by Crippen LogP contribution is 2.23. The number of nitrogens with one attached hydrogen (secondary N) is 1. The molecule has 116 valence electrons. The third-order valence-corrected chi connectivity index (χ3v) is 3.59. The number of carbonyl (C=O) groups is 1. The summed E-state index contributed by atoms with van der Waals surface area (Å²) in [6, 6.07) is 7.16. The maximum atomic E-state index is 11.7. The summed E-state index contributed by atoms with van der Waals surface area (Å²) in [6.07, 6.45) is 5.07. The zero-order valence-electron chi connectivity index (χ0n) is 12.9. The maximum Gasteiger partial charge on any atom is 0.337 e. The third-order valence-electron chi connectivity index (χ3n) is 3.59. The van der Waals surface area contributed by atoms with E-state index in [9.17, 15) is 4.79 Å². The van der Waals surface area contributed by atoms with Crippen LogP contribution >= 0.6 is 0 Å². The lowest BCUT2D eigenvalue weighted by Crippen LogP contribution is -2.06. The van der Waals surface area contributed by atoms with E-state index in [0.29, 0.717) is 12.1 Å². The van der Waals surface area contributed by atoms with Crippen molar-refractivity contribution >= 4 is 22.6 Å². The number of anilines is 1. The van der Waals surface area contributed by atoms with Crippen molar-refractivity contribution in [3.63, 3.8) is 0 Å². The van der Waals surface area contributed by atoms with Crippen molar-refractivity contribution in [3.05, 3.63) is 59.8 Å². The lowest BCUT2D eigenvalue weighted by Gasteiger charge is -2.11. The van der Waals surface area contributed by atoms with E-state index in [1.165, 1.54) is 7.11 Å². The molecule has 1 N–H and O–H groups in total. The van der Waals surface area contributed by atoms with E-state index in [1.807, 2.05) is 13.0 Å². The molecule has 0 unspecified atom stereocenters. The summed E-state index contributed by atoms with van der Waals surface area (Å²) in [4.78, 5) is 24.6. The van der Waals surface area contributed by atoms with Gasteiger partial charge in [-0.3, -0.25) is 15.0 Å². The van der Waals surface area contributed by atoms with Crippen molar-refractivity contribution in [3.8, 4) is 0 Å². The first-order chi connectivity index (χ1) is 11.2. The number of rotatable bonds is 4. The summed E-state index contributed by atoms with van der Waals surface area (Å²) in [5.41, 5.74) is 3.94. The Morgan fingerprint density at radius 2 is 1.96 bits per heavy atom. The van der Waals surface area contributed by atoms with Crippen LogP contribution in [0.5, 0.6) is 0 Å². The smallest absolute Gasteiger partial charge is 0.337 e. The fraction of sp³-hybridized carbons (Fsp3) is 0.176. The molecule has 0 saturated heterocycles. The van der Waals surface area contributed by atoms with Gasteiger partial charge in [-0.15, -0.1) is 0 Å². The first-order valence-electron chi connectivity index (χ1n) is 7.16. The Hall–Kier alpha value is -3.02. The molecule has 3 rings (SSSR count). The minimum atomic E-state index is -0.369. The normalized spacial score (nSPS) is 10.5. The predicted molar refractivity (Wildman–Crippen MR) is 87.2 cm³/mol.